The summed E-state index contributed by atoms with van der Waals surface area (Å²) >= 11 is 0. The lowest BCUT2D eigenvalue weighted by atomic mass is 10.0. The zero-order valence-electron chi connectivity index (χ0n) is 12.9. The van der Waals surface area contributed by atoms with Crippen molar-refractivity contribution in [2.45, 2.75) is 20.0 Å². The van der Waals surface area contributed by atoms with Crippen LogP contribution < -0.4 is 5.73 Å². The summed E-state index contributed by atoms with van der Waals surface area (Å²) in [6.07, 6.45) is 11.1. The van der Waals surface area contributed by atoms with Gasteiger partial charge >= 0.3 is 0 Å². The van der Waals surface area contributed by atoms with E-state index in [0.29, 0.717) is 6.54 Å². The molecular weight excluding hydrogens is 264 g/mol. The van der Waals surface area contributed by atoms with E-state index in [-0.39, 0.29) is 18.4 Å². The summed E-state index contributed by atoms with van der Waals surface area (Å²) in [5, 5.41) is 10.1. The van der Waals surface area contributed by atoms with Crippen LogP contribution in [0.4, 0.5) is 0 Å². The van der Waals surface area contributed by atoms with Crippen LogP contribution in [0, 0.1) is 17.9 Å². The van der Waals surface area contributed by atoms with Crippen molar-refractivity contribution in [3.8, 4) is 0 Å². The van der Waals surface area contributed by atoms with E-state index in [0.717, 1.165) is 6.10 Å². The molecule has 0 fully saturated rings. The van der Waals surface area contributed by atoms with Crippen LogP contribution in [0.15, 0.2) is 49.9 Å². The van der Waals surface area contributed by atoms with Gasteiger partial charge in [-0.2, -0.15) is 4.74 Å². The van der Waals surface area contributed by atoms with E-state index >= 15 is 0 Å². The van der Waals surface area contributed by atoms with Crippen molar-refractivity contribution < 1.29 is 14.4 Å². The van der Waals surface area contributed by atoms with Gasteiger partial charge < -0.3 is 10.8 Å². The van der Waals surface area contributed by atoms with Crippen molar-refractivity contribution in [2.24, 2.45) is 17.6 Å². The number of rotatable bonds is 9. The summed E-state index contributed by atoms with van der Waals surface area (Å²) in [5.74, 6) is 0.221. The molecule has 0 radical (unpaired) electrons. The minimum Gasteiger partial charge on any atom is -0.405 e. The van der Waals surface area contributed by atoms with Crippen molar-refractivity contribution >= 4 is 5.71 Å². The Morgan fingerprint density at radius 1 is 1.57 bits per heavy atom. The molecule has 0 aromatic heterocycles. The molecule has 114 valence electrons. The van der Waals surface area contributed by atoms with E-state index in [1.54, 1.807) is 12.2 Å². The fourth-order valence-corrected chi connectivity index (χ4v) is 2.20. The predicted molar refractivity (Wildman–Crippen MR) is 86.5 cm³/mol. The lowest BCUT2D eigenvalue weighted by Gasteiger charge is -2.09. The first-order valence-electron chi connectivity index (χ1n) is 7.09. The van der Waals surface area contributed by atoms with Crippen molar-refractivity contribution in [1.29, 1.82) is 0 Å². The maximum atomic E-state index is 10.1. The molecular formula is C17H26N2O2+2. The molecule has 3 N–H and O–H groups in total. The Kier molecular flexibility index (Phi) is 6.99. The number of allylic oxidation sites excluding steroid dienone is 2. The summed E-state index contributed by atoms with van der Waals surface area (Å²) in [7, 11) is 0. The van der Waals surface area contributed by atoms with Crippen molar-refractivity contribution in [2.75, 3.05) is 13.2 Å². The largest absolute Gasteiger partial charge is 0.405 e. The quantitative estimate of drug-likeness (QED) is 0.388. The molecule has 3 unspecified atom stereocenters. The molecule has 0 aliphatic carbocycles. The zero-order chi connectivity index (χ0) is 15.8. The second-order valence-corrected chi connectivity index (χ2v) is 5.12. The fourth-order valence-electron chi connectivity index (χ4n) is 2.20. The van der Waals surface area contributed by atoms with Crippen LogP contribution >= 0.6 is 0 Å². The van der Waals surface area contributed by atoms with Gasteiger partial charge in [-0.1, -0.05) is 12.7 Å². The van der Waals surface area contributed by atoms with Crippen molar-refractivity contribution in [3.05, 3.63) is 56.0 Å². The molecule has 1 aliphatic rings. The third kappa shape index (κ3) is 4.92. The maximum Gasteiger partial charge on any atom is 0.249 e. The van der Waals surface area contributed by atoms with Gasteiger partial charge in [0.2, 0.25) is 6.10 Å². The molecule has 0 saturated heterocycles. The van der Waals surface area contributed by atoms with Gasteiger partial charge in [0.1, 0.15) is 19.6 Å². The Balaban J connectivity index is 2.46. The summed E-state index contributed by atoms with van der Waals surface area (Å²) in [4.78, 5) is 0. The first-order valence-corrected chi connectivity index (χ1v) is 7.09. The number of β-amino-alcohol motifs (C(OH)–C–C–N with tert-alkyl or cyclic N) is 1. The average molecular weight is 290 g/mol. The van der Waals surface area contributed by atoms with Gasteiger partial charge in [0.05, 0.1) is 5.92 Å². The Morgan fingerprint density at radius 3 is 2.81 bits per heavy atom. The molecule has 0 aromatic carbocycles. The fraction of sp³-hybridized carbons (Fsp3) is 0.412. The highest BCUT2D eigenvalue weighted by molar-refractivity contribution is 5.84. The van der Waals surface area contributed by atoms with Gasteiger partial charge in [-0.25, -0.2) is 4.58 Å². The number of nitrogens with zero attached hydrogens (tertiary/aromatic N) is 1. The number of aliphatic hydroxyl groups excluding tert-OH is 1. The van der Waals surface area contributed by atoms with E-state index in [1.807, 2.05) is 30.7 Å². The number of hydrogen-bond donors (Lipinski definition) is 2. The summed E-state index contributed by atoms with van der Waals surface area (Å²) in [5.41, 5.74) is 6.54. The van der Waals surface area contributed by atoms with E-state index in [2.05, 4.69) is 19.2 Å². The average Bonchev–Trinajstić information content (AvgIpc) is 2.82. The van der Waals surface area contributed by atoms with Crippen molar-refractivity contribution in [3.63, 3.8) is 0 Å². The van der Waals surface area contributed by atoms with Crippen LogP contribution in [0.25, 0.3) is 0 Å². The third-order valence-electron chi connectivity index (χ3n) is 3.62. The molecule has 0 amide bonds. The molecule has 1 heterocycles. The highest BCUT2D eigenvalue weighted by Crippen LogP contribution is 2.18. The standard InChI is InChI=1S/C17H26N2O2/c1-5-15-8-10-19(13(15)3)11-17(20)12-21-14(4)16(6-2)7-9-18/h5-10,15-17,20H,1-2,11-12,18H2,3-4H3/q+2/b9-7-. The van der Waals surface area contributed by atoms with Gasteiger partial charge in [-0.15, -0.1) is 6.58 Å². The van der Waals surface area contributed by atoms with Crippen LogP contribution in [-0.4, -0.2) is 34.6 Å². The first-order chi connectivity index (χ1) is 10.0. The van der Waals surface area contributed by atoms with Gasteiger partial charge in [-0.3, -0.25) is 0 Å². The molecule has 4 nitrogen and oxygen atoms in total. The van der Waals surface area contributed by atoms with Gasteiger partial charge in [0.25, 0.3) is 0 Å². The first kappa shape index (κ1) is 17.3. The van der Waals surface area contributed by atoms with Crippen LogP contribution in [0.5, 0.6) is 0 Å². The third-order valence-corrected chi connectivity index (χ3v) is 3.62. The molecule has 1 aliphatic heterocycles. The molecule has 3 atom stereocenters. The predicted octanol–water partition coefficient (Wildman–Crippen LogP) is 1.99. The molecule has 1 rings (SSSR count). The van der Waals surface area contributed by atoms with E-state index in [4.69, 9.17) is 10.5 Å². The summed E-state index contributed by atoms with van der Waals surface area (Å²) < 4.78 is 7.64. The Bertz CT molecular complexity index is 452. The molecule has 0 spiro atoms. The number of hydrogen-bond acceptors (Lipinski definition) is 3. The normalized spacial score (nSPS) is 20.8. The number of ether oxygens (including phenoxy) is 1. The molecule has 4 heteroatoms. The zero-order valence-corrected chi connectivity index (χ0v) is 12.9. The van der Waals surface area contributed by atoms with E-state index < -0.39 is 6.10 Å². The second kappa shape index (κ2) is 8.49. The van der Waals surface area contributed by atoms with E-state index in [9.17, 15) is 5.11 Å². The Morgan fingerprint density at radius 2 is 2.29 bits per heavy atom. The minimum absolute atomic E-state index is 0.0349. The van der Waals surface area contributed by atoms with Gasteiger partial charge in [-0.05, 0) is 24.4 Å². The van der Waals surface area contributed by atoms with Crippen molar-refractivity contribution in [1.82, 2.24) is 0 Å². The Labute approximate surface area is 127 Å². The molecule has 0 aromatic rings. The number of nitrogens with two attached hydrogens (primary N) is 1. The highest BCUT2D eigenvalue weighted by Gasteiger charge is 2.28. The summed E-state index contributed by atoms with van der Waals surface area (Å²) in [6.45, 7) is 12.2. The van der Waals surface area contributed by atoms with Crippen LogP contribution in [0.1, 0.15) is 13.8 Å². The molecule has 0 bridgehead atoms. The Hall–Kier alpha value is -1.78. The van der Waals surface area contributed by atoms with Gasteiger partial charge in [0, 0.05) is 6.92 Å². The number of aliphatic hydroxyl groups is 1. The van der Waals surface area contributed by atoms with Crippen LogP contribution in [0.3, 0.4) is 0 Å². The van der Waals surface area contributed by atoms with Crippen LogP contribution in [-0.2, 0) is 4.74 Å². The van der Waals surface area contributed by atoms with Gasteiger partial charge in [0.15, 0.2) is 24.4 Å². The smallest absolute Gasteiger partial charge is 0.249 e. The molecule has 0 saturated carbocycles. The lowest BCUT2D eigenvalue weighted by molar-refractivity contribution is -0.467. The lowest BCUT2D eigenvalue weighted by Crippen LogP contribution is -2.29. The summed E-state index contributed by atoms with van der Waals surface area (Å²) in [6, 6.07) is 0. The minimum atomic E-state index is -0.574. The maximum absolute atomic E-state index is 10.1. The topological polar surface area (TPSA) is 58.5 Å². The van der Waals surface area contributed by atoms with Crippen LogP contribution in [0.2, 0.25) is 0 Å². The monoisotopic (exact) mass is 290 g/mol. The second-order valence-electron chi connectivity index (χ2n) is 5.12. The SMILES string of the molecule is C=CC1C=C[N+](CC(O)CO[C+](C)C(C=C)/C=C\N)=C1C. The molecule has 21 heavy (non-hydrogen) atoms. The highest BCUT2D eigenvalue weighted by atomic mass is 16.5. The van der Waals surface area contributed by atoms with E-state index in [1.165, 1.54) is 11.9 Å².